The number of allylic oxidation sites excluding steroid dienone is 17. The number of quaternary nitrogens is 1. The first-order chi connectivity index (χ1) is 35.0. The molecular weight excluding hydrogens is 918 g/mol. The lowest BCUT2D eigenvalue weighted by Gasteiger charge is -2.28. The highest BCUT2D eigenvalue weighted by atomic mass is 31.2. The van der Waals surface area contributed by atoms with Crippen LogP contribution in [0.25, 0.3) is 0 Å². The van der Waals surface area contributed by atoms with Crippen molar-refractivity contribution in [3.63, 3.8) is 0 Å². The average Bonchev–Trinajstić information content (AvgIpc) is 3.34. The van der Waals surface area contributed by atoms with E-state index in [1.54, 1.807) is 6.08 Å². The predicted octanol–water partition coefficient (Wildman–Crippen LogP) is 17.2. The van der Waals surface area contributed by atoms with E-state index in [0.29, 0.717) is 23.9 Å². The highest BCUT2D eigenvalue weighted by molar-refractivity contribution is 7.45. The van der Waals surface area contributed by atoms with Crippen LogP contribution in [-0.4, -0.2) is 70.0 Å². The highest BCUT2D eigenvalue weighted by Gasteiger charge is 2.21. The van der Waals surface area contributed by atoms with Gasteiger partial charge in [0.25, 0.3) is 7.82 Å². The standard InChI is InChI=1S/C62H106NO8P/c1-6-8-10-12-14-16-18-20-22-23-24-25-26-27-28-29-30-31-32-33-34-35-36-37-38-39-41-42-44-46-48-50-52-54-61(64)68-58-60(59-70-72(66,67)69-57-56-63(3,4)5)71-62(65)55-53-51-49-47-45-43-40-21-19-17-15-13-11-9-7-2/h8-11,14-17,20-22,24-25,40,45,47,51,53,60H,6-7,12-13,18-19,23,26-39,41-44,46,48-50,52,54-59H2,1-5H3/b10-8-,11-9-,16-14-,17-15-,22-20-,25-24-,40-21-,47-45-,53-51-. The van der Waals surface area contributed by atoms with Crippen molar-refractivity contribution in [2.45, 2.75) is 225 Å². The Kier molecular flexibility index (Phi) is 50.1. The maximum Gasteiger partial charge on any atom is 0.310 e. The molecule has 72 heavy (non-hydrogen) atoms. The van der Waals surface area contributed by atoms with E-state index in [4.69, 9.17) is 18.5 Å². The van der Waals surface area contributed by atoms with Crippen molar-refractivity contribution in [1.82, 2.24) is 0 Å². The molecule has 0 aromatic carbocycles. The Labute approximate surface area is 442 Å². The van der Waals surface area contributed by atoms with Crippen LogP contribution in [0.5, 0.6) is 0 Å². The summed E-state index contributed by atoms with van der Waals surface area (Å²) in [4.78, 5) is 37.7. The molecule has 0 aliphatic heterocycles. The third-order valence-corrected chi connectivity index (χ3v) is 12.8. The van der Waals surface area contributed by atoms with Crippen molar-refractivity contribution in [1.29, 1.82) is 0 Å². The molecule has 0 amide bonds. The van der Waals surface area contributed by atoms with Gasteiger partial charge in [-0.1, -0.05) is 239 Å². The Bertz CT molecular complexity index is 1580. The third kappa shape index (κ3) is 56.0. The van der Waals surface area contributed by atoms with Gasteiger partial charge >= 0.3 is 11.9 Å². The Hall–Kier alpha value is -3.33. The van der Waals surface area contributed by atoms with Crippen molar-refractivity contribution in [3.8, 4) is 0 Å². The number of esters is 2. The van der Waals surface area contributed by atoms with Crippen LogP contribution in [0.2, 0.25) is 0 Å². The van der Waals surface area contributed by atoms with E-state index in [0.717, 1.165) is 64.2 Å². The smallest absolute Gasteiger partial charge is 0.310 e. The fourth-order valence-corrected chi connectivity index (χ4v) is 8.22. The van der Waals surface area contributed by atoms with Gasteiger partial charge in [0.2, 0.25) is 0 Å². The number of phosphoric acid groups is 1. The number of carbonyl (C=O) groups excluding carboxylic acids is 2. The Morgan fingerprint density at radius 3 is 1.18 bits per heavy atom. The largest absolute Gasteiger partial charge is 0.756 e. The van der Waals surface area contributed by atoms with Crippen molar-refractivity contribution >= 4 is 19.8 Å². The number of unbranched alkanes of at least 4 members (excludes halogenated alkanes) is 20. The number of rotatable bonds is 51. The van der Waals surface area contributed by atoms with Gasteiger partial charge in [0, 0.05) is 6.42 Å². The number of hydrogen-bond acceptors (Lipinski definition) is 8. The number of carbonyl (C=O) groups is 2. The van der Waals surface area contributed by atoms with Gasteiger partial charge in [-0.15, -0.1) is 0 Å². The first-order valence-corrected chi connectivity index (χ1v) is 30.1. The van der Waals surface area contributed by atoms with Crippen LogP contribution in [-0.2, 0) is 32.7 Å². The zero-order chi connectivity index (χ0) is 52.7. The molecule has 9 nitrogen and oxygen atoms in total. The van der Waals surface area contributed by atoms with Crippen molar-refractivity contribution in [3.05, 3.63) is 109 Å². The molecule has 0 spiro atoms. The van der Waals surface area contributed by atoms with Crippen LogP contribution in [0, 0.1) is 0 Å². The van der Waals surface area contributed by atoms with E-state index < -0.39 is 32.5 Å². The molecule has 0 aromatic heterocycles. The number of ether oxygens (including phenoxy) is 2. The van der Waals surface area contributed by atoms with Gasteiger partial charge in [0.15, 0.2) is 6.10 Å². The van der Waals surface area contributed by atoms with Crippen LogP contribution < -0.4 is 4.89 Å². The topological polar surface area (TPSA) is 111 Å². The number of hydrogen-bond donors (Lipinski definition) is 0. The SMILES string of the molecule is CC/C=C\C/C=C\C/C=C\C/C=C\C/C=C\CC(=O)OC(COC(=O)CCCCCCCCCCCCCCCCCCCCCC/C=C\C/C=C\C/C=C\C/C=C\CC)COP(=O)([O-])OCC[N+](C)(C)C. The number of nitrogens with zero attached hydrogens (tertiary/aromatic N) is 1. The fraction of sp³-hybridized carbons (Fsp3) is 0.677. The molecule has 2 unspecified atom stereocenters. The Balaban J connectivity index is 4.08. The minimum absolute atomic E-state index is 0.0106. The molecule has 0 radical (unpaired) electrons. The van der Waals surface area contributed by atoms with E-state index >= 15 is 0 Å². The lowest BCUT2D eigenvalue weighted by Crippen LogP contribution is -2.37. The van der Waals surface area contributed by atoms with E-state index in [-0.39, 0.29) is 26.1 Å². The normalized spacial score (nSPS) is 14.1. The molecule has 412 valence electrons. The van der Waals surface area contributed by atoms with Crippen LogP contribution >= 0.6 is 7.82 Å². The molecule has 0 fully saturated rings. The molecule has 0 aliphatic rings. The summed E-state index contributed by atoms with van der Waals surface area (Å²) in [6.45, 7) is 3.89. The zero-order valence-corrected chi connectivity index (χ0v) is 47.5. The second-order valence-corrected chi connectivity index (χ2v) is 21.3. The van der Waals surface area contributed by atoms with Crippen LogP contribution in [0.15, 0.2) is 109 Å². The minimum atomic E-state index is -4.66. The molecule has 0 aliphatic carbocycles. The Morgan fingerprint density at radius 2 is 0.792 bits per heavy atom. The molecule has 0 bridgehead atoms. The molecular formula is C62H106NO8P. The van der Waals surface area contributed by atoms with Gasteiger partial charge in [-0.05, 0) is 77.0 Å². The summed E-state index contributed by atoms with van der Waals surface area (Å²) in [7, 11) is 1.10. The monoisotopic (exact) mass is 1020 g/mol. The first-order valence-electron chi connectivity index (χ1n) is 28.6. The fourth-order valence-electron chi connectivity index (χ4n) is 7.49. The summed E-state index contributed by atoms with van der Waals surface area (Å²) < 4.78 is 33.9. The maximum absolute atomic E-state index is 12.7. The Morgan fingerprint density at radius 1 is 0.444 bits per heavy atom. The highest BCUT2D eigenvalue weighted by Crippen LogP contribution is 2.38. The van der Waals surface area contributed by atoms with E-state index in [9.17, 15) is 19.0 Å². The van der Waals surface area contributed by atoms with Gasteiger partial charge < -0.3 is 27.9 Å². The second kappa shape index (κ2) is 52.5. The van der Waals surface area contributed by atoms with Gasteiger partial charge in [-0.2, -0.15) is 0 Å². The van der Waals surface area contributed by atoms with Gasteiger partial charge in [0.1, 0.15) is 19.8 Å². The molecule has 0 heterocycles. The summed E-state index contributed by atoms with van der Waals surface area (Å²) in [5.74, 6) is -0.982. The van der Waals surface area contributed by atoms with E-state index in [2.05, 4.69) is 105 Å². The maximum atomic E-state index is 12.7. The molecule has 0 rings (SSSR count). The summed E-state index contributed by atoms with van der Waals surface area (Å²) in [5, 5.41) is 0. The predicted molar refractivity (Wildman–Crippen MR) is 305 cm³/mol. The van der Waals surface area contributed by atoms with E-state index in [1.165, 1.54) is 116 Å². The van der Waals surface area contributed by atoms with Crippen molar-refractivity contribution in [2.24, 2.45) is 0 Å². The molecule has 0 aromatic rings. The summed E-state index contributed by atoms with van der Waals surface area (Å²) in [5.41, 5.74) is 0. The quantitative estimate of drug-likeness (QED) is 0.0195. The molecule has 2 atom stereocenters. The number of likely N-dealkylation sites (N-methyl/N-ethyl adjacent to an activating group) is 1. The van der Waals surface area contributed by atoms with Crippen LogP contribution in [0.3, 0.4) is 0 Å². The van der Waals surface area contributed by atoms with Crippen LogP contribution in [0.1, 0.15) is 219 Å². The lowest BCUT2D eigenvalue weighted by molar-refractivity contribution is -0.870. The molecule has 10 heteroatoms. The zero-order valence-electron chi connectivity index (χ0n) is 46.6. The summed E-state index contributed by atoms with van der Waals surface area (Å²) in [6.07, 6.45) is 73.3. The van der Waals surface area contributed by atoms with Gasteiger partial charge in [-0.3, -0.25) is 14.2 Å². The molecule has 0 saturated heterocycles. The summed E-state index contributed by atoms with van der Waals surface area (Å²) >= 11 is 0. The summed E-state index contributed by atoms with van der Waals surface area (Å²) in [6, 6.07) is 0. The minimum Gasteiger partial charge on any atom is -0.756 e. The third-order valence-electron chi connectivity index (χ3n) is 11.8. The number of phosphoric ester groups is 1. The van der Waals surface area contributed by atoms with Crippen molar-refractivity contribution < 1.29 is 42.1 Å². The van der Waals surface area contributed by atoms with Gasteiger partial charge in [-0.25, -0.2) is 0 Å². The van der Waals surface area contributed by atoms with E-state index in [1.807, 2.05) is 33.3 Å². The molecule has 0 N–H and O–H groups in total. The van der Waals surface area contributed by atoms with Crippen LogP contribution in [0.4, 0.5) is 0 Å². The second-order valence-electron chi connectivity index (χ2n) is 19.9. The average molecular weight is 1020 g/mol. The van der Waals surface area contributed by atoms with Crippen molar-refractivity contribution in [2.75, 3.05) is 47.5 Å². The first kappa shape index (κ1) is 68.7. The molecule has 0 saturated carbocycles. The lowest BCUT2D eigenvalue weighted by atomic mass is 10.0. The van der Waals surface area contributed by atoms with Gasteiger partial charge in [0.05, 0.1) is 34.2 Å².